The van der Waals surface area contributed by atoms with E-state index in [-0.39, 0.29) is 0 Å². The van der Waals surface area contributed by atoms with Crippen LogP contribution in [-0.4, -0.2) is 39.9 Å². The number of piperazine rings is 1. The summed E-state index contributed by atoms with van der Waals surface area (Å²) in [7, 11) is 2.03. The van der Waals surface area contributed by atoms with Crippen molar-refractivity contribution in [3.63, 3.8) is 0 Å². The lowest BCUT2D eigenvalue weighted by Crippen LogP contribution is -2.53. The first-order chi connectivity index (χ1) is 7.54. The maximum absolute atomic E-state index is 4.39. The van der Waals surface area contributed by atoms with Crippen molar-refractivity contribution in [2.45, 2.75) is 39.4 Å². The Morgan fingerprint density at radius 2 is 2.00 bits per heavy atom. The van der Waals surface area contributed by atoms with Gasteiger partial charge in [-0.1, -0.05) is 0 Å². The van der Waals surface area contributed by atoms with Gasteiger partial charge in [0, 0.05) is 38.8 Å². The van der Waals surface area contributed by atoms with E-state index in [1.54, 1.807) is 0 Å². The Morgan fingerprint density at radius 3 is 2.50 bits per heavy atom. The van der Waals surface area contributed by atoms with Crippen LogP contribution in [0.25, 0.3) is 0 Å². The van der Waals surface area contributed by atoms with Crippen molar-refractivity contribution in [3.05, 3.63) is 17.5 Å². The average Bonchev–Trinajstić information content (AvgIpc) is 2.43. The number of rotatable bonds is 2. The van der Waals surface area contributed by atoms with E-state index in [4.69, 9.17) is 0 Å². The van der Waals surface area contributed by atoms with E-state index in [1.807, 2.05) is 18.7 Å². The normalized spacial score (nSPS) is 27.2. The molecule has 0 amide bonds. The third-order valence-electron chi connectivity index (χ3n) is 3.12. The number of aryl methyl sites for hydroxylation is 2. The fourth-order valence-corrected chi connectivity index (χ4v) is 2.61. The monoisotopic (exact) mass is 222 g/mol. The van der Waals surface area contributed by atoms with Crippen LogP contribution in [-0.2, 0) is 13.6 Å². The summed E-state index contributed by atoms with van der Waals surface area (Å²) in [4.78, 5) is 2.50. The molecule has 1 fully saturated rings. The minimum Gasteiger partial charge on any atom is -0.309 e. The van der Waals surface area contributed by atoms with Crippen molar-refractivity contribution in [2.75, 3.05) is 13.1 Å². The van der Waals surface area contributed by atoms with Gasteiger partial charge in [-0.3, -0.25) is 9.58 Å². The number of aromatic nitrogens is 2. The summed E-state index contributed by atoms with van der Waals surface area (Å²) in [5, 5.41) is 7.94. The molecule has 90 valence electrons. The van der Waals surface area contributed by atoms with Crippen LogP contribution in [0.4, 0.5) is 0 Å². The predicted molar refractivity (Wildman–Crippen MR) is 65.3 cm³/mol. The van der Waals surface area contributed by atoms with Gasteiger partial charge in [0.05, 0.1) is 11.4 Å². The lowest BCUT2D eigenvalue weighted by atomic mass is 10.1. The average molecular weight is 222 g/mol. The molecule has 1 aliphatic rings. The standard InChI is InChI=1S/C12H22N4/c1-9-5-12(15(4)14-9)8-16-6-10(2)13-11(3)7-16/h5,10-11,13H,6-8H2,1-4H3. The Morgan fingerprint density at radius 1 is 1.38 bits per heavy atom. The topological polar surface area (TPSA) is 33.1 Å². The molecule has 0 aliphatic carbocycles. The number of hydrogen-bond acceptors (Lipinski definition) is 3. The van der Waals surface area contributed by atoms with E-state index in [2.05, 4.69) is 35.2 Å². The van der Waals surface area contributed by atoms with Crippen LogP contribution in [0.3, 0.4) is 0 Å². The number of nitrogens with one attached hydrogen (secondary N) is 1. The molecule has 1 aromatic heterocycles. The molecule has 0 saturated carbocycles. The Bertz CT molecular complexity index is 348. The van der Waals surface area contributed by atoms with Crippen LogP contribution in [0.1, 0.15) is 25.2 Å². The predicted octanol–water partition coefficient (Wildman–Crippen LogP) is 0.911. The fourth-order valence-electron chi connectivity index (χ4n) is 2.61. The second-order valence-corrected chi connectivity index (χ2v) is 5.06. The molecule has 4 heteroatoms. The highest BCUT2D eigenvalue weighted by Gasteiger charge is 2.21. The highest BCUT2D eigenvalue weighted by atomic mass is 15.3. The zero-order valence-corrected chi connectivity index (χ0v) is 10.7. The molecule has 0 radical (unpaired) electrons. The summed E-state index contributed by atoms with van der Waals surface area (Å²) in [6, 6.07) is 3.34. The van der Waals surface area contributed by atoms with Crippen LogP contribution < -0.4 is 5.32 Å². The third kappa shape index (κ3) is 2.62. The second kappa shape index (κ2) is 4.55. The Labute approximate surface area is 97.6 Å². The van der Waals surface area contributed by atoms with E-state index < -0.39 is 0 Å². The van der Waals surface area contributed by atoms with Crippen LogP contribution in [0.15, 0.2) is 6.07 Å². The molecule has 0 aromatic carbocycles. The van der Waals surface area contributed by atoms with Gasteiger partial charge < -0.3 is 5.32 Å². The Kier molecular flexibility index (Phi) is 3.30. The maximum Gasteiger partial charge on any atom is 0.0597 e. The first kappa shape index (κ1) is 11.6. The minimum atomic E-state index is 0.582. The summed E-state index contributed by atoms with van der Waals surface area (Å²) >= 11 is 0. The molecular formula is C12H22N4. The molecule has 1 aliphatic heterocycles. The van der Waals surface area contributed by atoms with Gasteiger partial charge in [0.15, 0.2) is 0 Å². The SMILES string of the molecule is Cc1cc(CN2CC(C)NC(C)C2)n(C)n1. The third-order valence-corrected chi connectivity index (χ3v) is 3.12. The van der Waals surface area contributed by atoms with Crippen molar-refractivity contribution in [1.29, 1.82) is 0 Å². The zero-order valence-electron chi connectivity index (χ0n) is 10.7. The second-order valence-electron chi connectivity index (χ2n) is 5.06. The molecule has 2 rings (SSSR count). The largest absolute Gasteiger partial charge is 0.309 e. The molecule has 16 heavy (non-hydrogen) atoms. The van der Waals surface area contributed by atoms with Crippen LogP contribution in [0.5, 0.6) is 0 Å². The Balaban J connectivity index is 2.01. The lowest BCUT2D eigenvalue weighted by molar-refractivity contribution is 0.163. The zero-order chi connectivity index (χ0) is 11.7. The van der Waals surface area contributed by atoms with Gasteiger partial charge in [-0.05, 0) is 26.8 Å². The minimum absolute atomic E-state index is 0.582. The smallest absolute Gasteiger partial charge is 0.0597 e. The summed E-state index contributed by atoms with van der Waals surface area (Å²) < 4.78 is 1.99. The van der Waals surface area contributed by atoms with Crippen LogP contribution in [0, 0.1) is 6.92 Å². The molecule has 2 unspecified atom stereocenters. The van der Waals surface area contributed by atoms with Gasteiger partial charge >= 0.3 is 0 Å². The fraction of sp³-hybridized carbons (Fsp3) is 0.750. The Hall–Kier alpha value is -0.870. The summed E-state index contributed by atoms with van der Waals surface area (Å²) in [6.07, 6.45) is 0. The summed E-state index contributed by atoms with van der Waals surface area (Å²) in [5.74, 6) is 0. The van der Waals surface area contributed by atoms with Crippen molar-refractivity contribution < 1.29 is 0 Å². The molecule has 1 saturated heterocycles. The molecule has 2 atom stereocenters. The van der Waals surface area contributed by atoms with Crippen molar-refractivity contribution >= 4 is 0 Å². The first-order valence-electron chi connectivity index (χ1n) is 6.02. The summed E-state index contributed by atoms with van der Waals surface area (Å²) in [5.41, 5.74) is 2.41. The number of hydrogen-bond donors (Lipinski definition) is 1. The van der Waals surface area contributed by atoms with Gasteiger partial charge in [-0.25, -0.2) is 0 Å². The van der Waals surface area contributed by atoms with E-state index in [1.165, 1.54) is 5.69 Å². The number of nitrogens with zero attached hydrogens (tertiary/aromatic N) is 3. The lowest BCUT2D eigenvalue weighted by Gasteiger charge is -2.36. The van der Waals surface area contributed by atoms with Crippen molar-refractivity contribution in [3.8, 4) is 0 Å². The van der Waals surface area contributed by atoms with Gasteiger partial charge in [0.25, 0.3) is 0 Å². The van der Waals surface area contributed by atoms with E-state index in [9.17, 15) is 0 Å². The van der Waals surface area contributed by atoms with Crippen LogP contribution in [0.2, 0.25) is 0 Å². The molecule has 4 nitrogen and oxygen atoms in total. The van der Waals surface area contributed by atoms with Gasteiger partial charge in [-0.15, -0.1) is 0 Å². The summed E-state index contributed by atoms with van der Waals surface area (Å²) in [6.45, 7) is 9.79. The molecular weight excluding hydrogens is 200 g/mol. The molecule has 1 aromatic rings. The van der Waals surface area contributed by atoms with Gasteiger partial charge in [0.1, 0.15) is 0 Å². The maximum atomic E-state index is 4.39. The van der Waals surface area contributed by atoms with Gasteiger partial charge in [0.2, 0.25) is 0 Å². The molecule has 1 N–H and O–H groups in total. The van der Waals surface area contributed by atoms with Crippen molar-refractivity contribution in [2.24, 2.45) is 7.05 Å². The van der Waals surface area contributed by atoms with Crippen LogP contribution >= 0.6 is 0 Å². The molecule has 0 bridgehead atoms. The van der Waals surface area contributed by atoms with Crippen molar-refractivity contribution in [1.82, 2.24) is 20.0 Å². The van der Waals surface area contributed by atoms with E-state index in [0.29, 0.717) is 12.1 Å². The highest BCUT2D eigenvalue weighted by Crippen LogP contribution is 2.10. The molecule has 2 heterocycles. The first-order valence-corrected chi connectivity index (χ1v) is 6.02. The van der Waals surface area contributed by atoms with E-state index >= 15 is 0 Å². The van der Waals surface area contributed by atoms with E-state index in [0.717, 1.165) is 25.3 Å². The quantitative estimate of drug-likeness (QED) is 0.807. The highest BCUT2D eigenvalue weighted by molar-refractivity contribution is 5.08. The molecule has 0 spiro atoms. The van der Waals surface area contributed by atoms with Gasteiger partial charge in [-0.2, -0.15) is 5.10 Å².